The zero-order valence-electron chi connectivity index (χ0n) is 22.2. The molecule has 2 aromatic carbocycles. The molecule has 2 N–H and O–H groups in total. The van der Waals surface area contributed by atoms with E-state index in [1.807, 2.05) is 22.3 Å². The van der Waals surface area contributed by atoms with Crippen LogP contribution in [0.5, 0.6) is 0 Å². The van der Waals surface area contributed by atoms with Crippen molar-refractivity contribution in [3.63, 3.8) is 0 Å². The van der Waals surface area contributed by atoms with Crippen molar-refractivity contribution in [2.24, 2.45) is 5.92 Å². The van der Waals surface area contributed by atoms with Crippen LogP contribution in [0, 0.1) is 23.1 Å². The van der Waals surface area contributed by atoms with Gasteiger partial charge in [-0.25, -0.2) is 9.18 Å². The van der Waals surface area contributed by atoms with Crippen molar-refractivity contribution in [3.8, 4) is 6.07 Å². The molecule has 4 atom stereocenters. The van der Waals surface area contributed by atoms with Crippen molar-refractivity contribution in [3.05, 3.63) is 64.4 Å². The number of alkyl halides is 3. The topological polar surface area (TPSA) is 88.5 Å². The van der Waals surface area contributed by atoms with Crippen molar-refractivity contribution >= 4 is 29.2 Å². The van der Waals surface area contributed by atoms with E-state index < -0.39 is 23.9 Å². The highest BCUT2D eigenvalue weighted by Gasteiger charge is 2.58. The summed E-state index contributed by atoms with van der Waals surface area (Å²) in [5.74, 6) is -2.18. The highest BCUT2D eigenvalue weighted by atomic mass is 35.5. The van der Waals surface area contributed by atoms with Gasteiger partial charge in [-0.15, -0.1) is 0 Å². The molecule has 3 fully saturated rings. The third kappa shape index (κ3) is 6.44. The van der Waals surface area contributed by atoms with Gasteiger partial charge >= 0.3 is 18.1 Å². The quantitative estimate of drug-likeness (QED) is 0.419. The lowest BCUT2D eigenvalue weighted by Gasteiger charge is -2.37. The van der Waals surface area contributed by atoms with E-state index in [0.717, 1.165) is 31.2 Å². The second-order valence-electron chi connectivity index (χ2n) is 11.2. The Morgan fingerprint density at radius 3 is 2.71 bits per heavy atom. The number of amides is 3. The number of hydrogen-bond acceptors (Lipinski definition) is 4. The van der Waals surface area contributed by atoms with Crippen molar-refractivity contribution in [1.82, 2.24) is 15.1 Å². The van der Waals surface area contributed by atoms with Gasteiger partial charge in [0, 0.05) is 44.0 Å². The van der Waals surface area contributed by atoms with Crippen LogP contribution in [0.1, 0.15) is 43.2 Å². The van der Waals surface area contributed by atoms with Gasteiger partial charge in [0.15, 0.2) is 0 Å². The number of carbonyl (C=O) groups is 2. The lowest BCUT2D eigenvalue weighted by atomic mass is 9.80. The third-order valence-corrected chi connectivity index (χ3v) is 8.96. The van der Waals surface area contributed by atoms with E-state index >= 15 is 0 Å². The molecule has 2 unspecified atom stereocenters. The molecule has 0 spiro atoms. The fourth-order valence-electron chi connectivity index (χ4n) is 6.43. The van der Waals surface area contributed by atoms with Gasteiger partial charge in [-0.05, 0) is 79.3 Å². The summed E-state index contributed by atoms with van der Waals surface area (Å²) in [5, 5.41) is 14.1. The summed E-state index contributed by atoms with van der Waals surface area (Å²) in [5.41, 5.74) is 2.14. The summed E-state index contributed by atoms with van der Waals surface area (Å²) in [7, 11) is 0. The molecule has 0 bridgehead atoms. The maximum atomic E-state index is 13.7. The summed E-state index contributed by atoms with van der Waals surface area (Å²) in [6.07, 6.45) is -1.18. The lowest BCUT2D eigenvalue weighted by molar-refractivity contribution is -0.174. The SMILES string of the molecule is N#Cc1cccc([C@]23CC[C@@H](N(CCN4CCC(NC(=O)C(F)(F)F)C4)C(=O)Nc4ccc(F)c(Cl)c4)CC2C3)c1. The van der Waals surface area contributed by atoms with Crippen LogP contribution in [0.3, 0.4) is 0 Å². The van der Waals surface area contributed by atoms with E-state index in [-0.39, 0.29) is 29.1 Å². The van der Waals surface area contributed by atoms with Gasteiger partial charge in [-0.2, -0.15) is 18.4 Å². The van der Waals surface area contributed by atoms with Crippen LogP contribution in [0.25, 0.3) is 0 Å². The molecule has 7 nitrogen and oxygen atoms in total. The van der Waals surface area contributed by atoms with E-state index in [1.54, 1.807) is 11.0 Å². The highest BCUT2D eigenvalue weighted by molar-refractivity contribution is 6.31. The first-order valence-electron chi connectivity index (χ1n) is 13.6. The number of anilines is 1. The smallest absolute Gasteiger partial charge is 0.344 e. The number of carbonyl (C=O) groups excluding carboxylic acids is 2. The Labute approximate surface area is 240 Å². The molecule has 1 heterocycles. The van der Waals surface area contributed by atoms with Gasteiger partial charge in [0.05, 0.1) is 16.7 Å². The first kappa shape index (κ1) is 29.1. The second kappa shape index (κ2) is 11.5. The number of benzene rings is 2. The Kier molecular flexibility index (Phi) is 8.17. The van der Waals surface area contributed by atoms with Crippen LogP contribution >= 0.6 is 11.6 Å². The molecular weight excluding hydrogens is 562 g/mol. The molecule has 1 aliphatic heterocycles. The highest BCUT2D eigenvalue weighted by Crippen LogP contribution is 2.62. The number of urea groups is 1. The Balaban J connectivity index is 1.26. The predicted molar refractivity (Wildman–Crippen MR) is 145 cm³/mol. The number of nitriles is 1. The first-order chi connectivity index (χ1) is 19.5. The second-order valence-corrected chi connectivity index (χ2v) is 11.6. The molecule has 1 saturated heterocycles. The maximum absolute atomic E-state index is 13.7. The van der Waals surface area contributed by atoms with E-state index in [4.69, 9.17) is 11.6 Å². The molecule has 2 saturated carbocycles. The van der Waals surface area contributed by atoms with Crippen molar-refractivity contribution in [2.45, 2.75) is 55.8 Å². The summed E-state index contributed by atoms with van der Waals surface area (Å²) in [4.78, 5) is 28.6. The number of nitrogens with zero attached hydrogens (tertiary/aromatic N) is 3. The van der Waals surface area contributed by atoms with Gasteiger partial charge in [0.1, 0.15) is 5.82 Å². The number of fused-ring (bicyclic) bond motifs is 1. The molecule has 0 aromatic heterocycles. The summed E-state index contributed by atoms with van der Waals surface area (Å²) in [6.45, 7) is 1.51. The van der Waals surface area contributed by atoms with E-state index in [0.29, 0.717) is 43.2 Å². The number of nitrogens with one attached hydrogen (secondary N) is 2. The zero-order valence-corrected chi connectivity index (χ0v) is 22.9. The van der Waals surface area contributed by atoms with Gasteiger partial charge < -0.3 is 15.5 Å². The molecule has 0 radical (unpaired) electrons. The van der Waals surface area contributed by atoms with Gasteiger partial charge in [0.25, 0.3) is 0 Å². The summed E-state index contributed by atoms with van der Waals surface area (Å²) in [6, 6.07) is 12.8. The van der Waals surface area contributed by atoms with Crippen molar-refractivity contribution < 1.29 is 27.2 Å². The standard InChI is InChI=1S/C29H30ClF4N5O2/c30-24-14-21(4-5-25(24)31)37-27(41)39(11-10-38-9-7-22(17-38)36-26(40)29(32,33)34)23-6-8-28(15-20(28)13-23)19-3-1-2-18(12-19)16-35/h1-5,12,14,20,22-23H,6-11,13,15,17H2,(H,36,40)(H,37,41)/t20?,22?,23-,28-/m1/s1. The van der Waals surface area contributed by atoms with Crippen LogP contribution in [-0.2, 0) is 10.2 Å². The average molecular weight is 592 g/mol. The van der Waals surface area contributed by atoms with Gasteiger partial charge in [-0.1, -0.05) is 23.7 Å². The maximum Gasteiger partial charge on any atom is 0.471 e. The molecular formula is C29H30ClF4N5O2. The van der Waals surface area contributed by atoms with Gasteiger partial charge in [0.2, 0.25) is 0 Å². The molecule has 41 heavy (non-hydrogen) atoms. The average Bonchev–Trinajstić information content (AvgIpc) is 3.52. The van der Waals surface area contributed by atoms with Gasteiger partial charge in [-0.3, -0.25) is 9.69 Å². The minimum Gasteiger partial charge on any atom is -0.344 e. The Hall–Kier alpha value is -3.36. The van der Waals surface area contributed by atoms with E-state index in [1.165, 1.54) is 18.2 Å². The zero-order chi connectivity index (χ0) is 29.4. The van der Waals surface area contributed by atoms with E-state index in [9.17, 15) is 32.4 Å². The van der Waals surface area contributed by atoms with Crippen molar-refractivity contribution in [2.75, 3.05) is 31.5 Å². The minimum absolute atomic E-state index is 0.00878. The van der Waals surface area contributed by atoms with Crippen molar-refractivity contribution in [1.29, 1.82) is 5.26 Å². The van der Waals surface area contributed by atoms with Crippen LogP contribution < -0.4 is 10.6 Å². The Morgan fingerprint density at radius 2 is 2.00 bits per heavy atom. The summed E-state index contributed by atoms with van der Waals surface area (Å²) >= 11 is 5.90. The van der Waals surface area contributed by atoms with Crippen LogP contribution in [0.15, 0.2) is 42.5 Å². The fourth-order valence-corrected chi connectivity index (χ4v) is 6.62. The number of halogens is 5. The number of hydrogen-bond donors (Lipinski definition) is 2. The summed E-state index contributed by atoms with van der Waals surface area (Å²) < 4.78 is 51.6. The van der Waals surface area contributed by atoms with Crippen LogP contribution in [-0.4, -0.2) is 66.2 Å². The van der Waals surface area contributed by atoms with Crippen LogP contribution in [0.4, 0.5) is 28.0 Å². The molecule has 2 aliphatic carbocycles. The Morgan fingerprint density at radius 1 is 1.20 bits per heavy atom. The fraction of sp³-hybridized carbons (Fsp3) is 0.483. The Bertz CT molecular complexity index is 1370. The molecule has 3 aliphatic rings. The first-order valence-corrected chi connectivity index (χ1v) is 14.0. The lowest BCUT2D eigenvalue weighted by Crippen LogP contribution is -2.49. The third-order valence-electron chi connectivity index (χ3n) is 8.67. The molecule has 5 rings (SSSR count). The monoisotopic (exact) mass is 591 g/mol. The number of rotatable bonds is 7. The minimum atomic E-state index is -4.93. The largest absolute Gasteiger partial charge is 0.471 e. The molecule has 3 amide bonds. The van der Waals surface area contributed by atoms with Crippen LogP contribution in [0.2, 0.25) is 5.02 Å². The van der Waals surface area contributed by atoms with E-state index in [2.05, 4.69) is 17.5 Å². The normalized spacial score (nSPS) is 25.6. The number of likely N-dealkylation sites (tertiary alicyclic amines) is 1. The molecule has 2 aromatic rings. The molecule has 12 heteroatoms. The predicted octanol–water partition coefficient (Wildman–Crippen LogP) is 5.45. The molecule has 218 valence electrons.